The molecule has 1 fully saturated rings. The number of carbonyl (C=O) groups is 2. The Labute approximate surface area is 142 Å². The fourth-order valence-electron chi connectivity index (χ4n) is 4.09. The van der Waals surface area contributed by atoms with E-state index in [2.05, 4.69) is 24.1 Å². The van der Waals surface area contributed by atoms with E-state index >= 15 is 0 Å². The summed E-state index contributed by atoms with van der Waals surface area (Å²) in [6.07, 6.45) is 4.72. The molecule has 0 saturated heterocycles. The highest BCUT2D eigenvalue weighted by molar-refractivity contribution is 5.96. The van der Waals surface area contributed by atoms with Gasteiger partial charge in [0.1, 0.15) is 0 Å². The van der Waals surface area contributed by atoms with Gasteiger partial charge in [0, 0.05) is 24.5 Å². The molecule has 3 rings (SSSR count). The van der Waals surface area contributed by atoms with E-state index in [0.717, 1.165) is 25.2 Å². The first kappa shape index (κ1) is 16.6. The van der Waals surface area contributed by atoms with Gasteiger partial charge < -0.3 is 15.3 Å². The molecule has 2 bridgehead atoms. The zero-order valence-electron chi connectivity index (χ0n) is 14.1. The molecule has 1 aromatic carbocycles. The Morgan fingerprint density at radius 1 is 1.08 bits per heavy atom. The minimum atomic E-state index is -0.871. The smallest absolute Gasteiger partial charge is 0.307 e. The van der Waals surface area contributed by atoms with Gasteiger partial charge in [-0.3, -0.25) is 9.59 Å². The molecule has 0 heterocycles. The first-order valence-corrected chi connectivity index (χ1v) is 8.62. The maximum Gasteiger partial charge on any atom is 0.307 e. The topological polar surface area (TPSA) is 69.6 Å². The molecule has 2 N–H and O–H groups in total. The number of amides is 1. The highest BCUT2D eigenvalue weighted by Gasteiger charge is 2.51. The quantitative estimate of drug-likeness (QED) is 0.788. The summed E-state index contributed by atoms with van der Waals surface area (Å²) in [6.45, 7) is 6.07. The fraction of sp³-hybridized carbons (Fsp3) is 0.474. The van der Waals surface area contributed by atoms with E-state index < -0.39 is 17.8 Å². The van der Waals surface area contributed by atoms with Crippen LogP contribution in [0.5, 0.6) is 0 Å². The molecule has 128 valence electrons. The van der Waals surface area contributed by atoms with Crippen LogP contribution in [0.1, 0.15) is 20.3 Å². The molecule has 1 saturated carbocycles. The molecule has 0 radical (unpaired) electrons. The average molecular weight is 328 g/mol. The van der Waals surface area contributed by atoms with Crippen LogP contribution >= 0.6 is 0 Å². The van der Waals surface area contributed by atoms with Crippen LogP contribution in [0, 0.1) is 23.7 Å². The molecule has 5 nitrogen and oxygen atoms in total. The lowest BCUT2D eigenvalue weighted by Crippen LogP contribution is -2.36. The predicted molar refractivity (Wildman–Crippen MR) is 94.0 cm³/mol. The standard InChI is InChI=1S/C19H24N2O3/c1-3-21(4-2)15-9-7-14(8-10-15)20-18(22)16-12-5-6-13(11-12)17(16)19(23)24/h5-10,12-13,16-17H,3-4,11H2,1-2H3,(H,20,22)(H,23,24)/t12-,13+,16+,17+/m1/s1. The number of allylic oxidation sites excluding steroid dienone is 2. The summed E-state index contributed by atoms with van der Waals surface area (Å²) >= 11 is 0. The second kappa shape index (κ2) is 6.67. The second-order valence-corrected chi connectivity index (χ2v) is 6.55. The highest BCUT2D eigenvalue weighted by Crippen LogP contribution is 2.48. The van der Waals surface area contributed by atoms with Crippen LogP contribution < -0.4 is 10.2 Å². The number of carbonyl (C=O) groups excluding carboxylic acids is 1. The summed E-state index contributed by atoms with van der Waals surface area (Å²) in [5.74, 6) is -2.09. The monoisotopic (exact) mass is 328 g/mol. The van der Waals surface area contributed by atoms with Crippen LogP contribution in [0.4, 0.5) is 11.4 Å². The van der Waals surface area contributed by atoms with E-state index in [0.29, 0.717) is 5.69 Å². The van der Waals surface area contributed by atoms with Gasteiger partial charge in [0.15, 0.2) is 0 Å². The fourth-order valence-corrected chi connectivity index (χ4v) is 4.09. The van der Waals surface area contributed by atoms with Gasteiger partial charge in [-0.2, -0.15) is 0 Å². The van der Waals surface area contributed by atoms with Gasteiger partial charge in [0.05, 0.1) is 11.8 Å². The number of carboxylic acid groups (broad SMARTS) is 1. The van der Waals surface area contributed by atoms with Gasteiger partial charge in [-0.05, 0) is 56.4 Å². The predicted octanol–water partition coefficient (Wildman–Crippen LogP) is 2.99. The van der Waals surface area contributed by atoms with Crippen molar-refractivity contribution in [3.63, 3.8) is 0 Å². The SMILES string of the molecule is CCN(CC)c1ccc(NC(=O)[C@@H]2[C@@H](C(=O)O)[C@H]3C=C[C@@H]2C3)cc1. The van der Waals surface area contributed by atoms with Crippen LogP contribution in [0.15, 0.2) is 36.4 Å². The molecule has 1 aromatic rings. The van der Waals surface area contributed by atoms with Crippen LogP contribution in [0.2, 0.25) is 0 Å². The molecule has 0 aromatic heterocycles. The lowest BCUT2D eigenvalue weighted by atomic mass is 9.82. The minimum absolute atomic E-state index is 0.00621. The van der Waals surface area contributed by atoms with E-state index in [1.807, 2.05) is 36.4 Å². The van der Waals surface area contributed by atoms with Crippen molar-refractivity contribution < 1.29 is 14.7 Å². The summed E-state index contributed by atoms with van der Waals surface area (Å²) in [5.41, 5.74) is 1.83. The highest BCUT2D eigenvalue weighted by atomic mass is 16.4. The number of hydrogen-bond acceptors (Lipinski definition) is 3. The summed E-state index contributed by atoms with van der Waals surface area (Å²) in [7, 11) is 0. The Morgan fingerprint density at radius 3 is 2.21 bits per heavy atom. The third-order valence-electron chi connectivity index (χ3n) is 5.31. The molecule has 0 aliphatic heterocycles. The summed E-state index contributed by atoms with van der Waals surface area (Å²) in [5, 5.41) is 12.4. The number of benzene rings is 1. The van der Waals surface area contributed by atoms with Gasteiger partial charge in [-0.15, -0.1) is 0 Å². The van der Waals surface area contributed by atoms with Crippen molar-refractivity contribution in [2.75, 3.05) is 23.3 Å². The Balaban J connectivity index is 1.71. The Morgan fingerprint density at radius 2 is 1.67 bits per heavy atom. The van der Waals surface area contributed by atoms with Crippen LogP contribution in [-0.2, 0) is 9.59 Å². The Bertz CT molecular complexity index is 649. The molecule has 0 unspecified atom stereocenters. The van der Waals surface area contributed by atoms with Crippen LogP contribution in [0.25, 0.3) is 0 Å². The van der Waals surface area contributed by atoms with E-state index in [4.69, 9.17) is 0 Å². The maximum atomic E-state index is 12.6. The lowest BCUT2D eigenvalue weighted by Gasteiger charge is -2.24. The third kappa shape index (κ3) is 2.90. The normalized spacial score (nSPS) is 27.2. The third-order valence-corrected chi connectivity index (χ3v) is 5.31. The Hall–Kier alpha value is -2.30. The zero-order valence-corrected chi connectivity index (χ0v) is 14.1. The second-order valence-electron chi connectivity index (χ2n) is 6.55. The number of nitrogens with zero attached hydrogens (tertiary/aromatic N) is 1. The molecular formula is C19H24N2O3. The van der Waals surface area contributed by atoms with Crippen molar-refractivity contribution in [1.29, 1.82) is 0 Å². The number of fused-ring (bicyclic) bond motifs is 2. The molecule has 2 aliphatic carbocycles. The van der Waals surface area contributed by atoms with E-state index in [-0.39, 0.29) is 17.7 Å². The molecule has 5 heteroatoms. The molecule has 1 amide bonds. The minimum Gasteiger partial charge on any atom is -0.481 e. The van der Waals surface area contributed by atoms with E-state index in [1.165, 1.54) is 0 Å². The first-order chi connectivity index (χ1) is 11.5. The average Bonchev–Trinajstić information content (AvgIpc) is 3.18. The molecule has 24 heavy (non-hydrogen) atoms. The molecule has 4 atom stereocenters. The largest absolute Gasteiger partial charge is 0.481 e. The number of rotatable bonds is 6. The molecular weight excluding hydrogens is 304 g/mol. The van der Waals surface area contributed by atoms with Gasteiger partial charge in [0.25, 0.3) is 0 Å². The van der Waals surface area contributed by atoms with Gasteiger partial charge in [-0.1, -0.05) is 12.2 Å². The number of hydrogen-bond donors (Lipinski definition) is 2. The van der Waals surface area contributed by atoms with Crippen molar-refractivity contribution in [2.24, 2.45) is 23.7 Å². The molecule has 2 aliphatic rings. The van der Waals surface area contributed by atoms with Crippen LogP contribution in [0.3, 0.4) is 0 Å². The number of carboxylic acids is 1. The summed E-state index contributed by atoms with van der Waals surface area (Å²) in [6, 6.07) is 7.73. The molecule has 0 spiro atoms. The van der Waals surface area contributed by atoms with Gasteiger partial charge in [-0.25, -0.2) is 0 Å². The number of anilines is 2. The van der Waals surface area contributed by atoms with E-state index in [1.54, 1.807) is 0 Å². The summed E-state index contributed by atoms with van der Waals surface area (Å²) in [4.78, 5) is 26.4. The maximum absolute atomic E-state index is 12.6. The van der Waals surface area contributed by atoms with Crippen molar-refractivity contribution >= 4 is 23.3 Å². The van der Waals surface area contributed by atoms with Gasteiger partial charge >= 0.3 is 5.97 Å². The van der Waals surface area contributed by atoms with Crippen molar-refractivity contribution in [3.05, 3.63) is 36.4 Å². The lowest BCUT2D eigenvalue weighted by molar-refractivity contribution is -0.146. The number of nitrogens with one attached hydrogen (secondary N) is 1. The zero-order chi connectivity index (χ0) is 17.3. The van der Waals surface area contributed by atoms with Crippen LogP contribution in [-0.4, -0.2) is 30.1 Å². The van der Waals surface area contributed by atoms with Crippen molar-refractivity contribution in [1.82, 2.24) is 0 Å². The van der Waals surface area contributed by atoms with E-state index in [9.17, 15) is 14.7 Å². The van der Waals surface area contributed by atoms with Gasteiger partial charge in [0.2, 0.25) is 5.91 Å². The Kier molecular flexibility index (Phi) is 4.60. The summed E-state index contributed by atoms with van der Waals surface area (Å²) < 4.78 is 0. The number of aliphatic carboxylic acids is 1. The first-order valence-electron chi connectivity index (χ1n) is 8.62. The van der Waals surface area contributed by atoms with Crippen molar-refractivity contribution in [3.8, 4) is 0 Å². The van der Waals surface area contributed by atoms with Crippen molar-refractivity contribution in [2.45, 2.75) is 20.3 Å².